The van der Waals surface area contributed by atoms with Gasteiger partial charge in [-0.25, -0.2) is 0 Å². The Hall–Kier alpha value is -0.570. The van der Waals surface area contributed by atoms with E-state index in [1.807, 2.05) is 0 Å². The Bertz CT molecular complexity index is 146. The van der Waals surface area contributed by atoms with Crippen molar-refractivity contribution in [3.05, 3.63) is 0 Å². The highest BCUT2D eigenvalue weighted by atomic mass is 16.6. The molecular formula is C6H9NO2. The van der Waals surface area contributed by atoms with Crippen LogP contribution in [0.15, 0.2) is 0 Å². The van der Waals surface area contributed by atoms with Gasteiger partial charge in [-0.1, -0.05) is 0 Å². The molecule has 9 heavy (non-hydrogen) atoms. The molecule has 1 N–H and O–H groups in total. The molecule has 50 valence electrons. The van der Waals surface area contributed by atoms with Crippen molar-refractivity contribution in [2.24, 2.45) is 5.92 Å². The average molecular weight is 127 g/mol. The highest BCUT2D eigenvalue weighted by molar-refractivity contribution is 5.78. The summed E-state index contributed by atoms with van der Waals surface area (Å²) in [6.45, 7) is 1.82. The second-order valence-electron chi connectivity index (χ2n) is 2.57. The molecule has 0 saturated carbocycles. The van der Waals surface area contributed by atoms with Gasteiger partial charge < -0.3 is 10.1 Å². The fourth-order valence-corrected chi connectivity index (χ4v) is 1.37. The van der Waals surface area contributed by atoms with Gasteiger partial charge in [-0.3, -0.25) is 4.79 Å². The Morgan fingerprint density at radius 2 is 2.56 bits per heavy atom. The van der Waals surface area contributed by atoms with E-state index in [0.29, 0.717) is 0 Å². The third-order valence-corrected chi connectivity index (χ3v) is 1.99. The summed E-state index contributed by atoms with van der Waals surface area (Å²) >= 11 is 0. The zero-order valence-corrected chi connectivity index (χ0v) is 5.09. The van der Waals surface area contributed by atoms with Gasteiger partial charge in [0.25, 0.3) is 0 Å². The Labute approximate surface area is 53.4 Å². The molecule has 0 aromatic rings. The van der Waals surface area contributed by atoms with Crippen LogP contribution >= 0.6 is 0 Å². The highest BCUT2D eigenvalue weighted by Gasteiger charge is 2.43. The molecule has 3 nitrogen and oxygen atoms in total. The molecule has 0 aliphatic carbocycles. The SMILES string of the molecule is O=C1O[C@@H]2CCNC[C@H]12. The van der Waals surface area contributed by atoms with Crippen molar-refractivity contribution in [2.45, 2.75) is 12.5 Å². The second kappa shape index (κ2) is 1.70. The lowest BCUT2D eigenvalue weighted by molar-refractivity contribution is -0.187. The molecule has 0 amide bonds. The van der Waals surface area contributed by atoms with E-state index < -0.39 is 0 Å². The van der Waals surface area contributed by atoms with E-state index in [4.69, 9.17) is 4.74 Å². The summed E-state index contributed by atoms with van der Waals surface area (Å²) in [6.07, 6.45) is 1.25. The number of fused-ring (bicyclic) bond motifs is 1. The molecule has 2 rings (SSSR count). The second-order valence-corrected chi connectivity index (χ2v) is 2.57. The molecule has 0 radical (unpaired) electrons. The van der Waals surface area contributed by atoms with Crippen LogP contribution in [0.5, 0.6) is 0 Å². The molecule has 2 saturated heterocycles. The minimum atomic E-state index is -0.0211. The quantitative estimate of drug-likeness (QED) is 0.447. The number of nitrogens with one attached hydrogen (secondary N) is 1. The van der Waals surface area contributed by atoms with Crippen LogP contribution in [0.1, 0.15) is 6.42 Å². The number of carbonyl (C=O) groups excluding carboxylic acids is 1. The van der Waals surface area contributed by atoms with E-state index in [-0.39, 0.29) is 18.0 Å². The van der Waals surface area contributed by atoms with Gasteiger partial charge in [0.2, 0.25) is 0 Å². The van der Waals surface area contributed by atoms with Crippen LogP contribution in [0.2, 0.25) is 0 Å². The predicted molar refractivity (Wildman–Crippen MR) is 30.9 cm³/mol. The summed E-state index contributed by atoms with van der Waals surface area (Å²) in [7, 11) is 0. The van der Waals surface area contributed by atoms with Crippen molar-refractivity contribution in [3.63, 3.8) is 0 Å². The van der Waals surface area contributed by atoms with Crippen LogP contribution in [0.3, 0.4) is 0 Å². The lowest BCUT2D eigenvalue weighted by Crippen LogP contribution is -2.54. The molecular weight excluding hydrogens is 118 g/mol. The van der Waals surface area contributed by atoms with Crippen molar-refractivity contribution in [1.82, 2.24) is 5.32 Å². The average Bonchev–Trinajstić information content (AvgIpc) is 1.86. The van der Waals surface area contributed by atoms with Crippen LogP contribution in [-0.2, 0) is 9.53 Å². The molecule has 3 heteroatoms. The number of carbonyl (C=O) groups is 1. The Kier molecular flexibility index (Phi) is 0.990. The first-order chi connectivity index (χ1) is 4.38. The summed E-state index contributed by atoms with van der Waals surface area (Å²) in [5, 5.41) is 3.15. The molecule has 0 spiro atoms. The van der Waals surface area contributed by atoms with Gasteiger partial charge in [0.05, 0.1) is 0 Å². The molecule has 2 heterocycles. The van der Waals surface area contributed by atoms with Crippen molar-refractivity contribution < 1.29 is 9.53 Å². The molecule has 2 aliphatic heterocycles. The third-order valence-electron chi connectivity index (χ3n) is 1.99. The van der Waals surface area contributed by atoms with Gasteiger partial charge in [0.1, 0.15) is 12.0 Å². The summed E-state index contributed by atoms with van der Waals surface area (Å²) in [6, 6.07) is 0. The van der Waals surface area contributed by atoms with Crippen molar-refractivity contribution >= 4 is 5.97 Å². The van der Waals surface area contributed by atoms with E-state index in [9.17, 15) is 4.79 Å². The normalized spacial score (nSPS) is 40.7. The highest BCUT2D eigenvalue weighted by Crippen LogP contribution is 2.26. The van der Waals surface area contributed by atoms with Crippen LogP contribution in [-0.4, -0.2) is 25.2 Å². The van der Waals surface area contributed by atoms with Gasteiger partial charge in [-0.15, -0.1) is 0 Å². The van der Waals surface area contributed by atoms with Crippen LogP contribution in [0.25, 0.3) is 0 Å². The maximum atomic E-state index is 10.6. The molecule has 0 unspecified atom stereocenters. The summed E-state index contributed by atoms with van der Waals surface area (Å²) in [5.74, 6) is 0.158. The van der Waals surface area contributed by atoms with Crippen LogP contribution in [0, 0.1) is 5.92 Å². The minimum absolute atomic E-state index is 0.0211. The minimum Gasteiger partial charge on any atom is -0.461 e. The largest absolute Gasteiger partial charge is 0.461 e. The van der Waals surface area contributed by atoms with E-state index in [2.05, 4.69) is 5.32 Å². The lowest BCUT2D eigenvalue weighted by Gasteiger charge is -2.38. The van der Waals surface area contributed by atoms with E-state index >= 15 is 0 Å². The zero-order chi connectivity index (χ0) is 6.27. The first-order valence-corrected chi connectivity index (χ1v) is 3.29. The van der Waals surface area contributed by atoms with Crippen LogP contribution < -0.4 is 5.32 Å². The number of hydrogen-bond acceptors (Lipinski definition) is 3. The maximum Gasteiger partial charge on any atom is 0.314 e. The number of hydrogen-bond donors (Lipinski definition) is 1. The predicted octanol–water partition coefficient (Wildman–Crippen LogP) is -0.479. The maximum absolute atomic E-state index is 10.6. The number of ether oxygens (including phenoxy) is 1. The smallest absolute Gasteiger partial charge is 0.314 e. The molecule has 0 aromatic heterocycles. The monoisotopic (exact) mass is 127 g/mol. The van der Waals surface area contributed by atoms with Crippen molar-refractivity contribution in [2.75, 3.05) is 13.1 Å². The zero-order valence-electron chi connectivity index (χ0n) is 5.09. The number of rotatable bonds is 0. The summed E-state index contributed by atoms with van der Waals surface area (Å²) < 4.78 is 4.86. The Balaban J connectivity index is 2.01. The van der Waals surface area contributed by atoms with Crippen molar-refractivity contribution in [3.8, 4) is 0 Å². The number of piperidine rings is 1. The van der Waals surface area contributed by atoms with E-state index in [1.54, 1.807) is 0 Å². The van der Waals surface area contributed by atoms with Gasteiger partial charge in [-0.2, -0.15) is 0 Å². The van der Waals surface area contributed by atoms with Gasteiger partial charge in [0, 0.05) is 6.54 Å². The third kappa shape index (κ3) is 0.645. The molecule has 2 atom stereocenters. The van der Waals surface area contributed by atoms with E-state index in [1.165, 1.54) is 0 Å². The standard InChI is InChI=1S/C6H9NO2/c8-6-4-3-7-2-1-5(4)9-6/h4-5,7H,1-3H2/t4-,5+/m0/s1. The molecule has 0 aromatic carbocycles. The molecule has 0 bridgehead atoms. The number of esters is 1. The fourth-order valence-electron chi connectivity index (χ4n) is 1.37. The van der Waals surface area contributed by atoms with Crippen LogP contribution in [0.4, 0.5) is 0 Å². The molecule has 2 fully saturated rings. The fraction of sp³-hybridized carbons (Fsp3) is 0.833. The lowest BCUT2D eigenvalue weighted by atomic mass is 9.91. The molecule has 2 aliphatic rings. The first-order valence-electron chi connectivity index (χ1n) is 3.29. The summed E-state index contributed by atoms with van der Waals surface area (Å²) in [5.41, 5.74) is 0. The summed E-state index contributed by atoms with van der Waals surface area (Å²) in [4.78, 5) is 10.6. The van der Waals surface area contributed by atoms with E-state index in [0.717, 1.165) is 19.5 Å². The first kappa shape index (κ1) is 5.23. The Morgan fingerprint density at radius 3 is 3.11 bits per heavy atom. The van der Waals surface area contributed by atoms with Gasteiger partial charge >= 0.3 is 5.97 Å². The Morgan fingerprint density at radius 1 is 1.67 bits per heavy atom. The van der Waals surface area contributed by atoms with Crippen molar-refractivity contribution in [1.29, 1.82) is 0 Å². The topological polar surface area (TPSA) is 38.3 Å². The van der Waals surface area contributed by atoms with Gasteiger partial charge in [0.15, 0.2) is 0 Å². The van der Waals surface area contributed by atoms with Gasteiger partial charge in [-0.05, 0) is 13.0 Å².